The monoisotopic (exact) mass is 433 g/mol. The Balaban J connectivity index is 1.54. The Morgan fingerprint density at radius 3 is 2.67 bits per heavy atom. The maximum absolute atomic E-state index is 13.0. The van der Waals surface area contributed by atoms with E-state index in [2.05, 4.69) is 15.6 Å². The number of piperidine rings is 1. The topological polar surface area (TPSA) is 113 Å². The van der Waals surface area contributed by atoms with Gasteiger partial charge in [-0.15, -0.1) is 0 Å². The summed E-state index contributed by atoms with van der Waals surface area (Å²) in [6, 6.07) is 6.06. The van der Waals surface area contributed by atoms with Crippen LogP contribution in [0.2, 0.25) is 0 Å². The highest BCUT2D eigenvalue weighted by Crippen LogP contribution is 2.25. The molecule has 1 aliphatic rings. The number of carbonyl (C=O) groups excluding carboxylic acids is 2. The molecule has 1 aromatic carbocycles. The lowest BCUT2D eigenvalue weighted by Crippen LogP contribution is -2.45. The van der Waals surface area contributed by atoms with Gasteiger partial charge in [0.05, 0.1) is 17.1 Å². The fraction of sp³-hybridized carbons (Fsp3) is 0.450. The number of amides is 2. The van der Waals surface area contributed by atoms with E-state index in [1.807, 2.05) is 10.8 Å². The van der Waals surface area contributed by atoms with Crippen molar-refractivity contribution in [1.29, 1.82) is 0 Å². The summed E-state index contributed by atoms with van der Waals surface area (Å²) in [6.07, 6.45) is 7.39. The lowest BCUT2D eigenvalue weighted by atomic mass is 9.99. The van der Waals surface area contributed by atoms with Gasteiger partial charge in [-0.05, 0) is 43.5 Å². The zero-order chi connectivity index (χ0) is 21.6. The number of carbonyl (C=O) groups is 2. The molecule has 2 amide bonds. The Morgan fingerprint density at radius 1 is 1.23 bits per heavy atom. The van der Waals surface area contributed by atoms with Crippen LogP contribution in [-0.2, 0) is 26.2 Å². The molecule has 10 heteroatoms. The van der Waals surface area contributed by atoms with Crippen LogP contribution in [0.3, 0.4) is 0 Å². The van der Waals surface area contributed by atoms with Crippen molar-refractivity contribution in [2.24, 2.45) is 5.92 Å². The van der Waals surface area contributed by atoms with Crippen LogP contribution in [-0.4, -0.2) is 53.7 Å². The summed E-state index contributed by atoms with van der Waals surface area (Å²) in [5, 5.41) is 5.53. The summed E-state index contributed by atoms with van der Waals surface area (Å²) in [7, 11) is -3.70. The smallest absolute Gasteiger partial charge is 0.243 e. The molecule has 30 heavy (non-hydrogen) atoms. The summed E-state index contributed by atoms with van der Waals surface area (Å²) < 4.78 is 29.3. The van der Waals surface area contributed by atoms with Gasteiger partial charge in [-0.3, -0.25) is 9.59 Å². The second kappa shape index (κ2) is 9.86. The minimum atomic E-state index is -3.70. The van der Waals surface area contributed by atoms with Gasteiger partial charge in [-0.1, -0.05) is 0 Å². The standard InChI is InChI=1S/C20H27N5O4S/c1-16(26)23-18-5-7-19(8-6-18)30(28,29)25-12-2-4-17(14-25)20(27)22-9-3-11-24-13-10-21-15-24/h5-8,10,13,15,17H,2-4,9,11-12,14H2,1H3,(H,22,27)(H,23,26)/t17-/m0/s1. The molecule has 1 atom stereocenters. The zero-order valence-corrected chi connectivity index (χ0v) is 17.8. The van der Waals surface area contributed by atoms with Gasteiger partial charge in [0, 0.05) is 51.2 Å². The van der Waals surface area contributed by atoms with Gasteiger partial charge in [0.1, 0.15) is 0 Å². The Morgan fingerprint density at radius 2 is 2.00 bits per heavy atom. The molecule has 1 aliphatic heterocycles. The molecule has 0 spiro atoms. The van der Waals surface area contributed by atoms with Crippen LogP contribution in [0.5, 0.6) is 0 Å². The Hall–Kier alpha value is -2.72. The van der Waals surface area contributed by atoms with E-state index in [9.17, 15) is 18.0 Å². The molecule has 0 saturated carbocycles. The van der Waals surface area contributed by atoms with E-state index in [0.29, 0.717) is 31.6 Å². The van der Waals surface area contributed by atoms with Crippen LogP contribution >= 0.6 is 0 Å². The van der Waals surface area contributed by atoms with Crippen LogP contribution in [0.1, 0.15) is 26.2 Å². The second-order valence-corrected chi connectivity index (χ2v) is 9.29. The highest BCUT2D eigenvalue weighted by molar-refractivity contribution is 7.89. The van der Waals surface area contributed by atoms with Crippen molar-refractivity contribution < 1.29 is 18.0 Å². The second-order valence-electron chi connectivity index (χ2n) is 7.35. The van der Waals surface area contributed by atoms with Crippen molar-refractivity contribution in [3.63, 3.8) is 0 Å². The first-order valence-corrected chi connectivity index (χ1v) is 11.4. The largest absolute Gasteiger partial charge is 0.356 e. The van der Waals surface area contributed by atoms with E-state index in [4.69, 9.17) is 0 Å². The van der Waals surface area contributed by atoms with E-state index in [0.717, 1.165) is 13.0 Å². The minimum Gasteiger partial charge on any atom is -0.356 e. The molecule has 2 N–H and O–H groups in total. The number of hydrogen-bond acceptors (Lipinski definition) is 5. The first-order valence-electron chi connectivity index (χ1n) is 9.97. The third-order valence-electron chi connectivity index (χ3n) is 5.02. The number of aryl methyl sites for hydroxylation is 1. The van der Waals surface area contributed by atoms with Crippen LogP contribution in [0.25, 0.3) is 0 Å². The van der Waals surface area contributed by atoms with Crippen molar-refractivity contribution in [2.45, 2.75) is 37.6 Å². The fourth-order valence-electron chi connectivity index (χ4n) is 3.47. The number of imidazole rings is 1. The number of anilines is 1. The lowest BCUT2D eigenvalue weighted by molar-refractivity contribution is -0.126. The van der Waals surface area contributed by atoms with Crippen LogP contribution in [0.15, 0.2) is 47.9 Å². The first kappa shape index (κ1) is 22.0. The third-order valence-corrected chi connectivity index (χ3v) is 6.90. The van der Waals surface area contributed by atoms with Crippen molar-refractivity contribution in [3.8, 4) is 0 Å². The molecule has 1 aromatic heterocycles. The Bertz CT molecular complexity index is 958. The zero-order valence-electron chi connectivity index (χ0n) is 17.0. The van der Waals surface area contributed by atoms with Crippen LogP contribution in [0, 0.1) is 5.92 Å². The van der Waals surface area contributed by atoms with Gasteiger partial charge >= 0.3 is 0 Å². The van der Waals surface area contributed by atoms with Gasteiger partial charge in [0.2, 0.25) is 21.8 Å². The Kier molecular flexibility index (Phi) is 7.22. The molecule has 1 saturated heterocycles. The minimum absolute atomic E-state index is 0.110. The van der Waals surface area contributed by atoms with Crippen LogP contribution < -0.4 is 10.6 Å². The van der Waals surface area contributed by atoms with Gasteiger partial charge in [0.25, 0.3) is 0 Å². The quantitative estimate of drug-likeness (QED) is 0.612. The summed E-state index contributed by atoms with van der Waals surface area (Å²) in [6.45, 7) is 3.25. The molecular formula is C20H27N5O4S. The van der Waals surface area contributed by atoms with Crippen molar-refractivity contribution in [2.75, 3.05) is 25.0 Å². The van der Waals surface area contributed by atoms with Crippen molar-refractivity contribution in [1.82, 2.24) is 19.2 Å². The number of benzene rings is 1. The number of nitrogens with one attached hydrogen (secondary N) is 2. The van der Waals surface area contributed by atoms with Gasteiger partial charge in [-0.25, -0.2) is 13.4 Å². The normalized spacial score (nSPS) is 17.4. The number of hydrogen-bond donors (Lipinski definition) is 2. The average Bonchev–Trinajstić information content (AvgIpc) is 3.25. The van der Waals surface area contributed by atoms with Gasteiger partial charge in [-0.2, -0.15) is 4.31 Å². The molecule has 1 fully saturated rings. The molecule has 9 nitrogen and oxygen atoms in total. The summed E-state index contributed by atoms with van der Waals surface area (Å²) >= 11 is 0. The molecule has 162 valence electrons. The summed E-state index contributed by atoms with van der Waals surface area (Å²) in [5.41, 5.74) is 0.535. The predicted molar refractivity (Wildman–Crippen MR) is 112 cm³/mol. The molecule has 2 aromatic rings. The van der Waals surface area contributed by atoms with Crippen molar-refractivity contribution in [3.05, 3.63) is 43.0 Å². The fourth-order valence-corrected chi connectivity index (χ4v) is 5.00. The van der Waals surface area contributed by atoms with E-state index in [1.54, 1.807) is 24.7 Å². The van der Waals surface area contributed by atoms with Gasteiger partial charge in [0.15, 0.2) is 0 Å². The predicted octanol–water partition coefficient (Wildman–Crippen LogP) is 1.45. The molecule has 3 rings (SSSR count). The maximum atomic E-state index is 13.0. The third kappa shape index (κ3) is 5.67. The molecule has 0 radical (unpaired) electrons. The highest BCUT2D eigenvalue weighted by atomic mass is 32.2. The number of rotatable bonds is 8. The molecule has 0 bridgehead atoms. The number of nitrogens with zero attached hydrogens (tertiary/aromatic N) is 3. The number of sulfonamides is 1. The average molecular weight is 434 g/mol. The van der Waals surface area contributed by atoms with E-state index in [1.165, 1.54) is 23.4 Å². The van der Waals surface area contributed by atoms with E-state index < -0.39 is 10.0 Å². The Labute approximate surface area is 176 Å². The summed E-state index contributed by atoms with van der Waals surface area (Å²) in [4.78, 5) is 27.8. The number of aromatic nitrogens is 2. The summed E-state index contributed by atoms with van der Waals surface area (Å²) in [5.74, 6) is -0.692. The van der Waals surface area contributed by atoms with Crippen LogP contribution in [0.4, 0.5) is 5.69 Å². The van der Waals surface area contributed by atoms with Gasteiger partial charge < -0.3 is 15.2 Å². The SMILES string of the molecule is CC(=O)Nc1ccc(S(=O)(=O)N2CCC[C@H](C(=O)NCCCn3ccnc3)C2)cc1. The van der Waals surface area contributed by atoms with E-state index in [-0.39, 0.29) is 29.2 Å². The maximum Gasteiger partial charge on any atom is 0.243 e. The van der Waals surface area contributed by atoms with Crippen molar-refractivity contribution >= 4 is 27.5 Å². The first-order chi connectivity index (χ1) is 14.4. The van der Waals surface area contributed by atoms with E-state index >= 15 is 0 Å². The molecule has 2 heterocycles. The molecule has 0 unspecified atom stereocenters. The highest BCUT2D eigenvalue weighted by Gasteiger charge is 2.33. The molecule has 0 aliphatic carbocycles. The molecular weight excluding hydrogens is 406 g/mol. The lowest BCUT2D eigenvalue weighted by Gasteiger charge is -2.31.